The molecule has 2 nitrogen and oxygen atoms in total. The lowest BCUT2D eigenvalue weighted by Gasteiger charge is -2.28. The fourth-order valence-corrected chi connectivity index (χ4v) is 1.75. The number of rotatable bonds is 4. The Hall–Kier alpha value is -2.06. The molecule has 0 aromatic heterocycles. The second-order valence-corrected chi connectivity index (χ2v) is 3.66. The molecule has 0 fully saturated rings. The van der Waals surface area contributed by atoms with Gasteiger partial charge in [0, 0.05) is 11.1 Å². The standard InChI is InChI=1S/C15H14O2/c1-2-17-15(16,13-9-5-3-6-10-13)14-11-7-4-8-12-14/h2-12,16H,1H2. The normalized spacial score (nSPS) is 10.9. The van der Waals surface area contributed by atoms with Gasteiger partial charge in [0.1, 0.15) is 0 Å². The summed E-state index contributed by atoms with van der Waals surface area (Å²) >= 11 is 0. The SMILES string of the molecule is C=COC(O)(c1ccccc1)c1ccccc1. The first-order valence-electron chi connectivity index (χ1n) is 5.39. The fraction of sp³-hybridized carbons (Fsp3) is 0.0667. The lowest BCUT2D eigenvalue weighted by atomic mass is 9.97. The third-order valence-electron chi connectivity index (χ3n) is 2.58. The van der Waals surface area contributed by atoms with Crippen LogP contribution in [0.5, 0.6) is 0 Å². The highest BCUT2D eigenvalue weighted by Gasteiger charge is 2.32. The van der Waals surface area contributed by atoms with Crippen molar-refractivity contribution in [2.75, 3.05) is 0 Å². The Kier molecular flexibility index (Phi) is 3.26. The van der Waals surface area contributed by atoms with Crippen molar-refractivity contribution < 1.29 is 9.84 Å². The smallest absolute Gasteiger partial charge is 0.260 e. The van der Waals surface area contributed by atoms with Crippen molar-refractivity contribution in [1.29, 1.82) is 0 Å². The number of ether oxygens (including phenoxy) is 1. The molecule has 1 N–H and O–H groups in total. The predicted octanol–water partition coefficient (Wildman–Crippen LogP) is 3.04. The van der Waals surface area contributed by atoms with Gasteiger partial charge in [-0.1, -0.05) is 67.2 Å². The van der Waals surface area contributed by atoms with Crippen LogP contribution in [0.25, 0.3) is 0 Å². The first-order chi connectivity index (χ1) is 8.27. The summed E-state index contributed by atoms with van der Waals surface area (Å²) in [5, 5.41) is 10.7. The molecular weight excluding hydrogens is 212 g/mol. The lowest BCUT2D eigenvalue weighted by molar-refractivity contribution is -0.139. The van der Waals surface area contributed by atoms with E-state index in [0.717, 1.165) is 0 Å². The van der Waals surface area contributed by atoms with Crippen molar-refractivity contribution in [2.24, 2.45) is 0 Å². The van der Waals surface area contributed by atoms with E-state index < -0.39 is 5.79 Å². The summed E-state index contributed by atoms with van der Waals surface area (Å²) in [6.07, 6.45) is 1.25. The van der Waals surface area contributed by atoms with Gasteiger partial charge in [-0.05, 0) is 0 Å². The summed E-state index contributed by atoms with van der Waals surface area (Å²) in [4.78, 5) is 0. The Bertz CT molecular complexity index is 437. The maximum atomic E-state index is 10.7. The lowest BCUT2D eigenvalue weighted by Crippen LogP contribution is -2.28. The van der Waals surface area contributed by atoms with Crippen LogP contribution in [0.4, 0.5) is 0 Å². The Morgan fingerprint density at radius 3 is 1.65 bits per heavy atom. The largest absolute Gasteiger partial charge is 0.462 e. The van der Waals surface area contributed by atoms with Crippen LogP contribution >= 0.6 is 0 Å². The van der Waals surface area contributed by atoms with Crippen molar-refractivity contribution in [3.8, 4) is 0 Å². The molecule has 0 bridgehead atoms. The molecule has 0 amide bonds. The predicted molar refractivity (Wildman–Crippen MR) is 67.2 cm³/mol. The molecule has 2 aromatic carbocycles. The fourth-order valence-electron chi connectivity index (χ4n) is 1.75. The molecule has 0 unspecified atom stereocenters. The third-order valence-corrected chi connectivity index (χ3v) is 2.58. The van der Waals surface area contributed by atoms with Gasteiger partial charge < -0.3 is 9.84 Å². The van der Waals surface area contributed by atoms with Gasteiger partial charge in [-0.3, -0.25) is 0 Å². The second kappa shape index (κ2) is 4.85. The summed E-state index contributed by atoms with van der Waals surface area (Å²) in [6, 6.07) is 18.5. The monoisotopic (exact) mass is 226 g/mol. The average molecular weight is 226 g/mol. The zero-order chi connectivity index (χ0) is 12.1. The quantitative estimate of drug-likeness (QED) is 0.641. The van der Waals surface area contributed by atoms with Crippen LogP contribution < -0.4 is 0 Å². The van der Waals surface area contributed by atoms with E-state index in [2.05, 4.69) is 6.58 Å². The Morgan fingerprint density at radius 2 is 1.29 bits per heavy atom. The topological polar surface area (TPSA) is 29.5 Å². The first kappa shape index (κ1) is 11.4. The van der Waals surface area contributed by atoms with Crippen molar-refractivity contribution in [3.05, 3.63) is 84.6 Å². The van der Waals surface area contributed by atoms with Gasteiger partial charge in [-0.25, -0.2) is 0 Å². The molecule has 2 aromatic rings. The second-order valence-electron chi connectivity index (χ2n) is 3.66. The van der Waals surface area contributed by atoms with E-state index >= 15 is 0 Å². The Balaban J connectivity index is 2.50. The van der Waals surface area contributed by atoms with Crippen molar-refractivity contribution >= 4 is 0 Å². The van der Waals surface area contributed by atoms with Crippen LogP contribution in [-0.4, -0.2) is 5.11 Å². The molecule has 0 aliphatic heterocycles. The van der Waals surface area contributed by atoms with Crippen LogP contribution in [0.2, 0.25) is 0 Å². The van der Waals surface area contributed by atoms with Gasteiger partial charge in [0.15, 0.2) is 0 Å². The van der Waals surface area contributed by atoms with Crippen LogP contribution in [0.3, 0.4) is 0 Å². The van der Waals surface area contributed by atoms with E-state index in [1.807, 2.05) is 60.7 Å². The van der Waals surface area contributed by atoms with Crippen LogP contribution in [-0.2, 0) is 10.5 Å². The maximum Gasteiger partial charge on any atom is 0.260 e. The molecule has 0 saturated carbocycles. The molecule has 17 heavy (non-hydrogen) atoms. The molecule has 0 heterocycles. The van der Waals surface area contributed by atoms with Crippen molar-refractivity contribution in [2.45, 2.75) is 5.79 Å². The molecule has 0 aliphatic carbocycles. The number of aliphatic hydroxyl groups is 1. The minimum Gasteiger partial charge on any atom is -0.462 e. The minimum atomic E-state index is -1.48. The van der Waals surface area contributed by atoms with Crippen molar-refractivity contribution in [1.82, 2.24) is 0 Å². The Labute approximate surface area is 101 Å². The number of hydrogen-bond donors (Lipinski definition) is 1. The third kappa shape index (κ3) is 2.22. The maximum absolute atomic E-state index is 10.7. The molecule has 86 valence electrons. The first-order valence-corrected chi connectivity index (χ1v) is 5.39. The van der Waals surface area contributed by atoms with Gasteiger partial charge >= 0.3 is 0 Å². The van der Waals surface area contributed by atoms with Gasteiger partial charge in [-0.15, -0.1) is 0 Å². The van der Waals surface area contributed by atoms with E-state index in [-0.39, 0.29) is 0 Å². The zero-order valence-electron chi connectivity index (χ0n) is 9.41. The van der Waals surface area contributed by atoms with Gasteiger partial charge in [-0.2, -0.15) is 0 Å². The average Bonchev–Trinajstić information content (AvgIpc) is 2.41. The van der Waals surface area contributed by atoms with Gasteiger partial charge in [0.25, 0.3) is 5.79 Å². The van der Waals surface area contributed by atoms with E-state index in [1.165, 1.54) is 6.26 Å². The van der Waals surface area contributed by atoms with E-state index in [0.29, 0.717) is 11.1 Å². The molecule has 0 spiro atoms. The van der Waals surface area contributed by atoms with E-state index in [1.54, 1.807) is 0 Å². The molecule has 0 saturated heterocycles. The summed E-state index contributed by atoms with van der Waals surface area (Å²) < 4.78 is 5.32. The van der Waals surface area contributed by atoms with Gasteiger partial charge in [0.2, 0.25) is 0 Å². The van der Waals surface area contributed by atoms with E-state index in [9.17, 15) is 5.11 Å². The molecule has 0 atom stereocenters. The molecule has 0 radical (unpaired) electrons. The summed E-state index contributed by atoms with van der Waals surface area (Å²) in [7, 11) is 0. The van der Waals surface area contributed by atoms with Crippen molar-refractivity contribution in [3.63, 3.8) is 0 Å². The molecule has 2 rings (SSSR count). The highest BCUT2D eigenvalue weighted by Crippen LogP contribution is 2.30. The molecule has 0 aliphatic rings. The van der Waals surface area contributed by atoms with Crippen LogP contribution in [0.15, 0.2) is 73.5 Å². The highest BCUT2D eigenvalue weighted by atomic mass is 16.6. The molecular formula is C15H14O2. The number of hydrogen-bond acceptors (Lipinski definition) is 2. The van der Waals surface area contributed by atoms with Crippen LogP contribution in [0.1, 0.15) is 11.1 Å². The zero-order valence-corrected chi connectivity index (χ0v) is 9.41. The Morgan fingerprint density at radius 1 is 0.882 bits per heavy atom. The minimum absolute atomic E-state index is 0.672. The van der Waals surface area contributed by atoms with E-state index in [4.69, 9.17) is 4.74 Å². The summed E-state index contributed by atoms with van der Waals surface area (Å²) in [6.45, 7) is 3.51. The van der Waals surface area contributed by atoms with Crippen LogP contribution in [0, 0.1) is 0 Å². The highest BCUT2D eigenvalue weighted by molar-refractivity contribution is 5.33. The number of benzene rings is 2. The summed E-state index contributed by atoms with van der Waals surface area (Å²) in [5.74, 6) is -1.48. The summed E-state index contributed by atoms with van der Waals surface area (Å²) in [5.41, 5.74) is 1.34. The van der Waals surface area contributed by atoms with Gasteiger partial charge in [0.05, 0.1) is 6.26 Å². The molecule has 2 heteroatoms.